The molecule has 0 bridgehead atoms. The molecule has 0 aliphatic heterocycles. The molecule has 100 valence electrons. The van der Waals surface area contributed by atoms with Crippen LogP contribution in [0, 0.1) is 5.41 Å². The van der Waals surface area contributed by atoms with E-state index in [-0.39, 0.29) is 0 Å². The van der Waals surface area contributed by atoms with Crippen molar-refractivity contribution in [2.24, 2.45) is 11.1 Å². The zero-order valence-corrected chi connectivity index (χ0v) is 12.4. The molecule has 0 saturated carbocycles. The Morgan fingerprint density at radius 2 is 2.00 bits per heavy atom. The second-order valence-electron chi connectivity index (χ2n) is 6.13. The van der Waals surface area contributed by atoms with Gasteiger partial charge in [0, 0.05) is 17.0 Å². The molecule has 3 rings (SSSR count). The van der Waals surface area contributed by atoms with Crippen LogP contribution in [-0.4, -0.2) is 4.98 Å². The van der Waals surface area contributed by atoms with E-state index < -0.39 is 0 Å². The van der Waals surface area contributed by atoms with Crippen molar-refractivity contribution < 1.29 is 0 Å². The third-order valence-electron chi connectivity index (χ3n) is 3.89. The molecule has 0 atom stereocenters. The summed E-state index contributed by atoms with van der Waals surface area (Å²) in [5, 5.41) is 1.16. The van der Waals surface area contributed by atoms with Gasteiger partial charge in [-0.05, 0) is 30.2 Å². The van der Waals surface area contributed by atoms with Crippen LogP contribution in [0.4, 0.5) is 0 Å². The summed E-state index contributed by atoms with van der Waals surface area (Å²) in [5.41, 5.74) is 9.78. The van der Waals surface area contributed by atoms with Gasteiger partial charge in [-0.15, -0.1) is 11.3 Å². The summed E-state index contributed by atoms with van der Waals surface area (Å²) < 4.78 is 0. The number of fused-ring (bicyclic) bond motifs is 1. The van der Waals surface area contributed by atoms with E-state index in [2.05, 4.69) is 38.1 Å². The van der Waals surface area contributed by atoms with Gasteiger partial charge < -0.3 is 5.73 Å². The summed E-state index contributed by atoms with van der Waals surface area (Å²) in [7, 11) is 0. The molecule has 1 aliphatic rings. The number of rotatable bonds is 2. The van der Waals surface area contributed by atoms with Crippen molar-refractivity contribution in [3.63, 3.8) is 0 Å². The van der Waals surface area contributed by atoms with Gasteiger partial charge in [-0.2, -0.15) is 0 Å². The number of nitrogens with zero attached hydrogens (tertiary/aromatic N) is 1. The van der Waals surface area contributed by atoms with E-state index in [0.717, 1.165) is 11.4 Å². The number of thiazole rings is 1. The number of nitrogens with two attached hydrogens (primary N) is 1. The van der Waals surface area contributed by atoms with Crippen molar-refractivity contribution in [3.05, 3.63) is 40.4 Å². The predicted octanol–water partition coefficient (Wildman–Crippen LogP) is 3.78. The average molecular weight is 272 g/mol. The SMILES string of the molecule is CC1(C)CCc2nc(-c3ccc(CN)cc3)sc2C1. The highest BCUT2D eigenvalue weighted by Crippen LogP contribution is 2.39. The standard InChI is InChI=1S/C16H20N2S/c1-16(2)8-7-13-14(9-16)19-15(18-13)12-5-3-11(10-17)4-6-12/h3-6H,7-10,17H2,1-2H3. The highest BCUT2D eigenvalue weighted by atomic mass is 32.1. The van der Waals surface area contributed by atoms with E-state index in [9.17, 15) is 0 Å². The normalized spacial score (nSPS) is 17.2. The van der Waals surface area contributed by atoms with Gasteiger partial charge in [0.25, 0.3) is 0 Å². The maximum Gasteiger partial charge on any atom is 0.123 e. The lowest BCUT2D eigenvalue weighted by Crippen LogP contribution is -2.20. The van der Waals surface area contributed by atoms with Gasteiger partial charge in [-0.1, -0.05) is 38.1 Å². The number of aryl methyl sites for hydroxylation is 1. The monoisotopic (exact) mass is 272 g/mol. The molecule has 2 nitrogen and oxygen atoms in total. The zero-order valence-electron chi connectivity index (χ0n) is 11.6. The second kappa shape index (κ2) is 4.73. The molecule has 0 radical (unpaired) electrons. The molecule has 19 heavy (non-hydrogen) atoms. The van der Waals surface area contributed by atoms with Crippen LogP contribution in [-0.2, 0) is 19.4 Å². The first kappa shape index (κ1) is 12.8. The van der Waals surface area contributed by atoms with Crippen LogP contribution < -0.4 is 5.73 Å². The smallest absolute Gasteiger partial charge is 0.123 e. The van der Waals surface area contributed by atoms with E-state index in [1.54, 1.807) is 0 Å². The fourth-order valence-electron chi connectivity index (χ4n) is 2.60. The highest BCUT2D eigenvalue weighted by molar-refractivity contribution is 7.15. The Morgan fingerprint density at radius 3 is 2.68 bits per heavy atom. The van der Waals surface area contributed by atoms with Gasteiger partial charge in [0.05, 0.1) is 5.69 Å². The second-order valence-corrected chi connectivity index (χ2v) is 7.21. The Bertz CT molecular complexity index is 581. The summed E-state index contributed by atoms with van der Waals surface area (Å²) in [6.45, 7) is 5.31. The molecule has 0 spiro atoms. The maximum absolute atomic E-state index is 5.63. The van der Waals surface area contributed by atoms with Gasteiger partial charge >= 0.3 is 0 Å². The van der Waals surface area contributed by atoms with Crippen molar-refractivity contribution in [1.82, 2.24) is 4.98 Å². The first-order valence-electron chi connectivity index (χ1n) is 6.85. The Morgan fingerprint density at radius 1 is 1.26 bits per heavy atom. The summed E-state index contributed by atoms with van der Waals surface area (Å²) >= 11 is 1.86. The fraction of sp³-hybridized carbons (Fsp3) is 0.438. The van der Waals surface area contributed by atoms with E-state index in [1.807, 2.05) is 11.3 Å². The highest BCUT2D eigenvalue weighted by Gasteiger charge is 2.28. The summed E-state index contributed by atoms with van der Waals surface area (Å²) in [6, 6.07) is 8.47. The molecule has 0 amide bonds. The van der Waals surface area contributed by atoms with Crippen LogP contribution >= 0.6 is 11.3 Å². The number of aromatic nitrogens is 1. The Labute approximate surface area is 118 Å². The molecule has 1 heterocycles. The van der Waals surface area contributed by atoms with E-state index in [0.29, 0.717) is 12.0 Å². The molecule has 1 aromatic carbocycles. The number of hydrogen-bond acceptors (Lipinski definition) is 3. The average Bonchev–Trinajstić information content (AvgIpc) is 2.80. The number of benzene rings is 1. The molecule has 1 aromatic heterocycles. The van der Waals surface area contributed by atoms with Crippen molar-refractivity contribution in [2.75, 3.05) is 0 Å². The van der Waals surface area contributed by atoms with Crippen molar-refractivity contribution in [1.29, 1.82) is 0 Å². The van der Waals surface area contributed by atoms with Gasteiger partial charge in [0.15, 0.2) is 0 Å². The molecular formula is C16H20N2S. The van der Waals surface area contributed by atoms with E-state index >= 15 is 0 Å². The molecular weight excluding hydrogens is 252 g/mol. The Kier molecular flexibility index (Phi) is 3.19. The minimum absolute atomic E-state index is 0.431. The van der Waals surface area contributed by atoms with Crippen molar-refractivity contribution in [3.8, 4) is 10.6 Å². The van der Waals surface area contributed by atoms with Crippen molar-refractivity contribution >= 4 is 11.3 Å². The lowest BCUT2D eigenvalue weighted by Gasteiger charge is -2.28. The van der Waals surface area contributed by atoms with Gasteiger partial charge in [-0.3, -0.25) is 0 Å². The summed E-state index contributed by atoms with van der Waals surface area (Å²) in [6.07, 6.45) is 3.54. The van der Waals surface area contributed by atoms with Crippen molar-refractivity contribution in [2.45, 2.75) is 39.7 Å². The minimum Gasteiger partial charge on any atom is -0.326 e. The predicted molar refractivity (Wildman–Crippen MR) is 81.2 cm³/mol. The third-order valence-corrected chi connectivity index (χ3v) is 5.04. The lowest BCUT2D eigenvalue weighted by atomic mass is 9.79. The first-order chi connectivity index (χ1) is 9.07. The molecule has 0 saturated heterocycles. The minimum atomic E-state index is 0.431. The van der Waals surface area contributed by atoms with Gasteiger partial charge in [0.1, 0.15) is 5.01 Å². The van der Waals surface area contributed by atoms with Gasteiger partial charge in [0.2, 0.25) is 0 Å². The van der Waals surface area contributed by atoms with Crippen LogP contribution in [0.1, 0.15) is 36.4 Å². The van der Waals surface area contributed by atoms with Crippen LogP contribution in [0.3, 0.4) is 0 Å². The fourth-order valence-corrected chi connectivity index (χ4v) is 3.98. The molecule has 1 aliphatic carbocycles. The van der Waals surface area contributed by atoms with E-state index in [1.165, 1.54) is 34.5 Å². The molecule has 2 N–H and O–H groups in total. The molecule has 3 heteroatoms. The summed E-state index contributed by atoms with van der Waals surface area (Å²) in [5.74, 6) is 0. The van der Waals surface area contributed by atoms with Crippen LogP contribution in [0.25, 0.3) is 10.6 Å². The first-order valence-corrected chi connectivity index (χ1v) is 7.67. The zero-order chi connectivity index (χ0) is 13.5. The Hall–Kier alpha value is -1.19. The third kappa shape index (κ3) is 2.58. The van der Waals surface area contributed by atoms with Crippen LogP contribution in [0.5, 0.6) is 0 Å². The Balaban J connectivity index is 1.92. The molecule has 0 unspecified atom stereocenters. The van der Waals surface area contributed by atoms with E-state index in [4.69, 9.17) is 10.7 Å². The molecule has 2 aromatic rings. The van der Waals surface area contributed by atoms with Gasteiger partial charge in [-0.25, -0.2) is 4.98 Å². The van der Waals surface area contributed by atoms with Crippen LogP contribution in [0.2, 0.25) is 0 Å². The lowest BCUT2D eigenvalue weighted by molar-refractivity contribution is 0.316. The molecule has 0 fully saturated rings. The topological polar surface area (TPSA) is 38.9 Å². The number of hydrogen-bond donors (Lipinski definition) is 1. The quantitative estimate of drug-likeness (QED) is 0.903. The largest absolute Gasteiger partial charge is 0.326 e. The summed E-state index contributed by atoms with van der Waals surface area (Å²) in [4.78, 5) is 6.31. The van der Waals surface area contributed by atoms with Crippen LogP contribution in [0.15, 0.2) is 24.3 Å². The maximum atomic E-state index is 5.63.